The zero-order valence-corrected chi connectivity index (χ0v) is 14.5. The molecule has 22 heavy (non-hydrogen) atoms. The summed E-state index contributed by atoms with van der Waals surface area (Å²) >= 11 is 0. The molecule has 0 saturated heterocycles. The van der Waals surface area contributed by atoms with Crippen LogP contribution in [0.1, 0.15) is 44.0 Å². The highest BCUT2D eigenvalue weighted by Gasteiger charge is 2.25. The molecular weight excluding hydrogens is 301 g/mol. The van der Waals surface area contributed by atoms with E-state index in [1.54, 1.807) is 26.0 Å². The molecule has 124 valence electrons. The lowest BCUT2D eigenvalue weighted by molar-refractivity contribution is 0.0934. The van der Waals surface area contributed by atoms with Gasteiger partial charge in [-0.25, -0.2) is 0 Å². The smallest absolute Gasteiger partial charge is 0.330 e. The van der Waals surface area contributed by atoms with Gasteiger partial charge in [-0.3, -0.25) is 9.36 Å². The lowest BCUT2D eigenvalue weighted by Gasteiger charge is -2.21. The molecule has 5 nitrogen and oxygen atoms in total. The minimum absolute atomic E-state index is 0.0538. The van der Waals surface area contributed by atoms with Crippen molar-refractivity contribution in [3.05, 3.63) is 35.9 Å². The van der Waals surface area contributed by atoms with Crippen LogP contribution in [0.2, 0.25) is 0 Å². The second-order valence-electron chi connectivity index (χ2n) is 4.90. The predicted molar refractivity (Wildman–Crippen MR) is 88.3 cm³/mol. The summed E-state index contributed by atoms with van der Waals surface area (Å²) in [6.45, 7) is 6.28. The standard InChI is InChI=1S/C16H26NO4P/c1-4-15(12-13-22(19,20-5-2)21-6-3)17-16(18)14-10-8-7-9-11-14/h7-11,15H,4-6,12-13H2,1-3H3,(H,17,18)/t15-/m0/s1. The van der Waals surface area contributed by atoms with Crippen molar-refractivity contribution in [1.82, 2.24) is 5.32 Å². The number of amides is 1. The Balaban J connectivity index is 2.57. The van der Waals surface area contributed by atoms with Crippen molar-refractivity contribution in [3.63, 3.8) is 0 Å². The quantitative estimate of drug-likeness (QED) is 0.663. The second-order valence-corrected chi connectivity index (χ2v) is 7.09. The van der Waals surface area contributed by atoms with Crippen molar-refractivity contribution < 1.29 is 18.4 Å². The van der Waals surface area contributed by atoms with Crippen LogP contribution in [0.5, 0.6) is 0 Å². The fourth-order valence-corrected chi connectivity index (χ4v) is 3.86. The Hall–Kier alpha value is -1.16. The summed E-state index contributed by atoms with van der Waals surface area (Å²) in [5.41, 5.74) is 0.624. The third-order valence-electron chi connectivity index (χ3n) is 3.27. The number of hydrogen-bond acceptors (Lipinski definition) is 4. The van der Waals surface area contributed by atoms with E-state index in [1.807, 2.05) is 25.1 Å². The van der Waals surface area contributed by atoms with Crippen LogP contribution < -0.4 is 5.32 Å². The second kappa shape index (κ2) is 9.78. The van der Waals surface area contributed by atoms with Gasteiger partial charge in [0.15, 0.2) is 0 Å². The zero-order valence-electron chi connectivity index (χ0n) is 13.6. The SMILES string of the molecule is CCOP(=O)(CC[C@H](CC)NC(=O)c1ccccc1)OCC. The zero-order chi connectivity index (χ0) is 16.4. The molecule has 1 aromatic carbocycles. The molecule has 1 N–H and O–H groups in total. The lowest BCUT2D eigenvalue weighted by atomic mass is 10.1. The molecule has 1 aromatic rings. The summed E-state index contributed by atoms with van der Waals surface area (Å²) in [4.78, 5) is 12.1. The van der Waals surface area contributed by atoms with Crippen LogP contribution in [0, 0.1) is 0 Å². The molecule has 1 rings (SSSR count). The minimum atomic E-state index is -3.05. The molecule has 0 saturated carbocycles. The van der Waals surface area contributed by atoms with E-state index in [-0.39, 0.29) is 11.9 Å². The molecule has 0 aliphatic heterocycles. The van der Waals surface area contributed by atoms with Crippen LogP contribution in [-0.4, -0.2) is 31.3 Å². The van der Waals surface area contributed by atoms with Crippen LogP contribution in [0.25, 0.3) is 0 Å². The molecule has 0 aromatic heterocycles. The average molecular weight is 327 g/mol. The molecule has 0 aliphatic carbocycles. The maximum atomic E-state index is 12.4. The van der Waals surface area contributed by atoms with Crippen molar-refractivity contribution in [2.24, 2.45) is 0 Å². The molecule has 0 spiro atoms. The van der Waals surface area contributed by atoms with Crippen LogP contribution in [0.3, 0.4) is 0 Å². The molecule has 1 atom stereocenters. The van der Waals surface area contributed by atoms with Gasteiger partial charge in [-0.1, -0.05) is 25.1 Å². The van der Waals surface area contributed by atoms with Gasteiger partial charge in [0.1, 0.15) is 0 Å². The normalized spacial score (nSPS) is 12.9. The Labute approximate surface area is 132 Å². The fraction of sp³-hybridized carbons (Fsp3) is 0.562. The maximum Gasteiger partial charge on any atom is 0.330 e. The van der Waals surface area contributed by atoms with E-state index in [0.29, 0.717) is 31.4 Å². The first-order valence-corrected chi connectivity index (χ1v) is 9.51. The molecule has 0 unspecified atom stereocenters. The first kappa shape index (κ1) is 18.9. The van der Waals surface area contributed by atoms with E-state index in [9.17, 15) is 9.36 Å². The summed E-state index contributed by atoms with van der Waals surface area (Å²) in [5, 5.41) is 2.97. The maximum absolute atomic E-state index is 12.4. The summed E-state index contributed by atoms with van der Waals surface area (Å²) in [6.07, 6.45) is 1.63. The van der Waals surface area contributed by atoms with Crippen LogP contribution in [0.15, 0.2) is 30.3 Å². The van der Waals surface area contributed by atoms with Gasteiger partial charge in [-0.05, 0) is 38.8 Å². The van der Waals surface area contributed by atoms with Crippen molar-refractivity contribution in [2.45, 2.75) is 39.7 Å². The monoisotopic (exact) mass is 327 g/mol. The summed E-state index contributed by atoms with van der Waals surface area (Å²) in [5.74, 6) is -0.116. The minimum Gasteiger partial charge on any atom is -0.349 e. The van der Waals surface area contributed by atoms with Gasteiger partial charge in [0.05, 0.1) is 19.4 Å². The number of rotatable bonds is 10. The number of benzene rings is 1. The Morgan fingerprint density at radius 1 is 1.14 bits per heavy atom. The number of carbonyl (C=O) groups excluding carboxylic acids is 1. The first-order chi connectivity index (χ1) is 10.5. The highest BCUT2D eigenvalue weighted by atomic mass is 31.2. The Morgan fingerprint density at radius 3 is 2.23 bits per heavy atom. The number of carbonyl (C=O) groups is 1. The van der Waals surface area contributed by atoms with Crippen LogP contribution in [0.4, 0.5) is 0 Å². The van der Waals surface area contributed by atoms with Crippen molar-refractivity contribution in [1.29, 1.82) is 0 Å². The van der Waals surface area contributed by atoms with Gasteiger partial charge in [0, 0.05) is 11.6 Å². The van der Waals surface area contributed by atoms with E-state index in [4.69, 9.17) is 9.05 Å². The summed E-state index contributed by atoms with van der Waals surface area (Å²) in [7, 11) is -3.05. The van der Waals surface area contributed by atoms with Gasteiger partial charge < -0.3 is 14.4 Å². The van der Waals surface area contributed by atoms with E-state index >= 15 is 0 Å². The van der Waals surface area contributed by atoms with Gasteiger partial charge in [0.2, 0.25) is 0 Å². The topological polar surface area (TPSA) is 64.6 Å². The van der Waals surface area contributed by atoms with E-state index in [2.05, 4.69) is 5.32 Å². The van der Waals surface area contributed by atoms with Crippen LogP contribution >= 0.6 is 7.60 Å². The molecule has 0 fully saturated rings. The summed E-state index contributed by atoms with van der Waals surface area (Å²) < 4.78 is 23.0. The van der Waals surface area contributed by atoms with E-state index in [0.717, 1.165) is 6.42 Å². The summed E-state index contributed by atoms with van der Waals surface area (Å²) in [6, 6.07) is 9.01. The third kappa shape index (κ3) is 6.30. The Bertz CT molecular complexity index is 482. The molecule has 0 heterocycles. The largest absolute Gasteiger partial charge is 0.349 e. The van der Waals surface area contributed by atoms with Crippen molar-refractivity contribution in [2.75, 3.05) is 19.4 Å². The number of nitrogens with one attached hydrogen (secondary N) is 1. The molecular formula is C16H26NO4P. The van der Waals surface area contributed by atoms with Gasteiger partial charge in [0.25, 0.3) is 5.91 Å². The Kier molecular flexibility index (Phi) is 8.39. The van der Waals surface area contributed by atoms with Crippen LogP contribution in [-0.2, 0) is 13.6 Å². The van der Waals surface area contributed by atoms with Crippen molar-refractivity contribution >= 4 is 13.5 Å². The first-order valence-electron chi connectivity index (χ1n) is 7.78. The fourth-order valence-electron chi connectivity index (χ4n) is 2.11. The molecule has 0 bridgehead atoms. The molecule has 1 amide bonds. The predicted octanol–water partition coefficient (Wildman–Crippen LogP) is 3.85. The molecule has 0 aliphatic rings. The highest BCUT2D eigenvalue weighted by Crippen LogP contribution is 2.48. The average Bonchev–Trinajstić information content (AvgIpc) is 2.52. The lowest BCUT2D eigenvalue weighted by Crippen LogP contribution is -2.35. The van der Waals surface area contributed by atoms with E-state index < -0.39 is 7.60 Å². The molecule has 6 heteroatoms. The van der Waals surface area contributed by atoms with Gasteiger partial charge >= 0.3 is 7.60 Å². The van der Waals surface area contributed by atoms with Crippen molar-refractivity contribution in [3.8, 4) is 0 Å². The van der Waals surface area contributed by atoms with Gasteiger partial charge in [-0.2, -0.15) is 0 Å². The highest BCUT2D eigenvalue weighted by molar-refractivity contribution is 7.53. The van der Waals surface area contributed by atoms with E-state index in [1.165, 1.54) is 0 Å². The molecule has 0 radical (unpaired) electrons. The third-order valence-corrected chi connectivity index (χ3v) is 5.38. The Morgan fingerprint density at radius 2 is 1.73 bits per heavy atom. The van der Waals surface area contributed by atoms with Gasteiger partial charge in [-0.15, -0.1) is 0 Å². The number of hydrogen-bond donors (Lipinski definition) is 1.